The van der Waals surface area contributed by atoms with Crippen LogP contribution in [0.1, 0.15) is 33.1 Å². The van der Waals surface area contributed by atoms with Gasteiger partial charge in [0.2, 0.25) is 5.91 Å². The summed E-state index contributed by atoms with van der Waals surface area (Å²) in [5.41, 5.74) is -0.671. The molecule has 0 aliphatic carbocycles. The van der Waals surface area contributed by atoms with Crippen LogP contribution in [0.4, 0.5) is 0 Å². The Labute approximate surface area is 106 Å². The first kappa shape index (κ1) is 14.2. The number of carbonyl (C=O) groups excluding carboxylic acids is 1. The van der Waals surface area contributed by atoms with E-state index in [4.69, 9.17) is 5.11 Å². The molecular weight excluding hydrogens is 234 g/mol. The van der Waals surface area contributed by atoms with Crippen LogP contribution < -0.4 is 5.32 Å². The molecule has 1 aromatic heterocycles. The highest BCUT2D eigenvalue weighted by Gasteiger charge is 2.30. The van der Waals surface area contributed by atoms with Gasteiger partial charge < -0.3 is 10.4 Å². The molecule has 0 bridgehead atoms. The standard InChI is InChI=1S/C12H19N3O3/c1-3-12(4-2,8-11(17)18)14-10(16)9-15-7-5-6-13-15/h5-7H,3-4,8-9H2,1-2H3,(H,14,16)(H,17,18). The van der Waals surface area contributed by atoms with Crippen molar-refractivity contribution in [3.8, 4) is 0 Å². The zero-order valence-corrected chi connectivity index (χ0v) is 10.7. The predicted octanol–water partition coefficient (Wildman–Crippen LogP) is 1.03. The Morgan fingerprint density at radius 3 is 2.50 bits per heavy atom. The Morgan fingerprint density at radius 2 is 2.06 bits per heavy atom. The molecule has 0 saturated carbocycles. The van der Waals surface area contributed by atoms with E-state index in [-0.39, 0.29) is 18.9 Å². The van der Waals surface area contributed by atoms with Gasteiger partial charge in [0.05, 0.1) is 12.0 Å². The summed E-state index contributed by atoms with van der Waals surface area (Å²) in [5.74, 6) is -1.12. The van der Waals surface area contributed by atoms with Crippen molar-refractivity contribution in [1.82, 2.24) is 15.1 Å². The maximum Gasteiger partial charge on any atom is 0.305 e. The lowest BCUT2D eigenvalue weighted by atomic mass is 9.89. The molecule has 1 amide bonds. The lowest BCUT2D eigenvalue weighted by Gasteiger charge is -2.31. The fourth-order valence-corrected chi connectivity index (χ4v) is 1.89. The summed E-state index contributed by atoms with van der Waals surface area (Å²) in [4.78, 5) is 22.7. The molecule has 6 heteroatoms. The zero-order valence-electron chi connectivity index (χ0n) is 10.7. The predicted molar refractivity (Wildman–Crippen MR) is 65.9 cm³/mol. The SMILES string of the molecule is CCC(CC)(CC(=O)O)NC(=O)Cn1cccn1. The Kier molecular flexibility index (Phi) is 4.88. The molecule has 0 aromatic carbocycles. The average molecular weight is 253 g/mol. The Hall–Kier alpha value is -1.85. The van der Waals surface area contributed by atoms with E-state index in [9.17, 15) is 9.59 Å². The molecule has 1 aromatic rings. The quantitative estimate of drug-likeness (QED) is 0.760. The number of aliphatic carboxylic acids is 1. The van der Waals surface area contributed by atoms with Crippen LogP contribution in [0.25, 0.3) is 0 Å². The number of nitrogens with zero attached hydrogens (tertiary/aromatic N) is 2. The van der Waals surface area contributed by atoms with Crippen LogP contribution in [0.2, 0.25) is 0 Å². The minimum Gasteiger partial charge on any atom is -0.481 e. The van der Waals surface area contributed by atoms with Gasteiger partial charge in [-0.3, -0.25) is 14.3 Å². The van der Waals surface area contributed by atoms with Gasteiger partial charge in [-0.15, -0.1) is 0 Å². The van der Waals surface area contributed by atoms with Crippen molar-refractivity contribution in [2.45, 2.75) is 45.2 Å². The maximum absolute atomic E-state index is 11.9. The molecule has 0 aliphatic heterocycles. The van der Waals surface area contributed by atoms with E-state index >= 15 is 0 Å². The average Bonchev–Trinajstić information content (AvgIpc) is 2.80. The second-order valence-corrected chi connectivity index (χ2v) is 4.31. The molecule has 2 N–H and O–H groups in total. The lowest BCUT2D eigenvalue weighted by molar-refractivity contribution is -0.139. The van der Waals surface area contributed by atoms with Crippen molar-refractivity contribution in [3.63, 3.8) is 0 Å². The van der Waals surface area contributed by atoms with Crippen molar-refractivity contribution >= 4 is 11.9 Å². The number of hydrogen-bond acceptors (Lipinski definition) is 3. The number of rotatable bonds is 7. The van der Waals surface area contributed by atoms with Crippen molar-refractivity contribution in [2.75, 3.05) is 0 Å². The summed E-state index contributed by atoms with van der Waals surface area (Å²) in [6.07, 6.45) is 4.39. The van der Waals surface area contributed by atoms with Crippen LogP contribution in [0.15, 0.2) is 18.5 Å². The van der Waals surface area contributed by atoms with Crippen molar-refractivity contribution in [3.05, 3.63) is 18.5 Å². The van der Waals surface area contributed by atoms with Crippen LogP contribution in [0.3, 0.4) is 0 Å². The molecule has 0 spiro atoms. The Morgan fingerprint density at radius 1 is 1.39 bits per heavy atom. The van der Waals surface area contributed by atoms with Crippen LogP contribution in [-0.4, -0.2) is 32.3 Å². The third-order valence-electron chi connectivity index (χ3n) is 3.11. The molecule has 1 heterocycles. The van der Waals surface area contributed by atoms with Gasteiger partial charge in [-0.2, -0.15) is 5.10 Å². The molecule has 0 fully saturated rings. The molecule has 6 nitrogen and oxygen atoms in total. The van der Waals surface area contributed by atoms with Gasteiger partial charge in [0.1, 0.15) is 6.54 Å². The second-order valence-electron chi connectivity index (χ2n) is 4.31. The van der Waals surface area contributed by atoms with E-state index < -0.39 is 11.5 Å². The first-order chi connectivity index (χ1) is 8.51. The van der Waals surface area contributed by atoms with E-state index in [1.165, 1.54) is 4.68 Å². The summed E-state index contributed by atoms with van der Waals surface area (Å²) in [6, 6.07) is 1.73. The molecule has 0 aliphatic rings. The molecule has 18 heavy (non-hydrogen) atoms. The van der Waals surface area contributed by atoms with Gasteiger partial charge >= 0.3 is 5.97 Å². The van der Waals surface area contributed by atoms with E-state index in [1.807, 2.05) is 13.8 Å². The number of amides is 1. The minimum absolute atomic E-state index is 0.0646. The van der Waals surface area contributed by atoms with Gasteiger partial charge in [0, 0.05) is 12.4 Å². The Bertz CT molecular complexity index is 397. The summed E-state index contributed by atoms with van der Waals surface area (Å²) in [6.45, 7) is 3.86. The third kappa shape index (κ3) is 3.87. The van der Waals surface area contributed by atoms with E-state index in [0.29, 0.717) is 12.8 Å². The number of aromatic nitrogens is 2. The molecule has 0 radical (unpaired) electrons. The number of hydrogen-bond donors (Lipinski definition) is 2. The topological polar surface area (TPSA) is 84.2 Å². The summed E-state index contributed by atoms with van der Waals surface area (Å²) >= 11 is 0. The highest BCUT2D eigenvalue weighted by atomic mass is 16.4. The summed E-state index contributed by atoms with van der Waals surface area (Å²) in [7, 11) is 0. The van der Waals surface area contributed by atoms with Crippen LogP contribution in [-0.2, 0) is 16.1 Å². The first-order valence-electron chi connectivity index (χ1n) is 6.01. The van der Waals surface area contributed by atoms with Gasteiger partial charge in [-0.05, 0) is 18.9 Å². The monoisotopic (exact) mass is 253 g/mol. The maximum atomic E-state index is 11.9. The van der Waals surface area contributed by atoms with Crippen molar-refractivity contribution < 1.29 is 14.7 Å². The Balaban J connectivity index is 2.65. The van der Waals surface area contributed by atoms with Crippen molar-refractivity contribution in [1.29, 1.82) is 0 Å². The van der Waals surface area contributed by atoms with Crippen molar-refractivity contribution in [2.24, 2.45) is 0 Å². The highest BCUT2D eigenvalue weighted by Crippen LogP contribution is 2.19. The first-order valence-corrected chi connectivity index (χ1v) is 6.01. The minimum atomic E-state index is -0.905. The van der Waals surface area contributed by atoms with E-state index in [1.54, 1.807) is 18.5 Å². The smallest absolute Gasteiger partial charge is 0.305 e. The third-order valence-corrected chi connectivity index (χ3v) is 3.11. The molecule has 0 saturated heterocycles. The summed E-state index contributed by atoms with van der Waals surface area (Å²) in [5, 5.41) is 15.7. The van der Waals surface area contributed by atoms with Crippen LogP contribution >= 0.6 is 0 Å². The number of carbonyl (C=O) groups is 2. The number of nitrogens with one attached hydrogen (secondary N) is 1. The second kappa shape index (κ2) is 6.18. The van der Waals surface area contributed by atoms with E-state index in [2.05, 4.69) is 10.4 Å². The van der Waals surface area contributed by atoms with Crippen LogP contribution in [0, 0.1) is 0 Å². The molecule has 1 rings (SSSR count). The number of carboxylic acid groups (broad SMARTS) is 1. The van der Waals surface area contributed by atoms with E-state index in [0.717, 1.165) is 0 Å². The summed E-state index contributed by atoms with van der Waals surface area (Å²) < 4.78 is 1.51. The molecule has 100 valence electrons. The van der Waals surface area contributed by atoms with Gasteiger partial charge in [0.15, 0.2) is 0 Å². The lowest BCUT2D eigenvalue weighted by Crippen LogP contribution is -2.50. The van der Waals surface area contributed by atoms with Crippen LogP contribution in [0.5, 0.6) is 0 Å². The van der Waals surface area contributed by atoms with Gasteiger partial charge in [-0.1, -0.05) is 13.8 Å². The normalized spacial score (nSPS) is 11.2. The largest absolute Gasteiger partial charge is 0.481 e. The molecule has 0 unspecified atom stereocenters. The van der Waals surface area contributed by atoms with Gasteiger partial charge in [-0.25, -0.2) is 0 Å². The van der Waals surface area contributed by atoms with Gasteiger partial charge in [0.25, 0.3) is 0 Å². The fourth-order valence-electron chi connectivity index (χ4n) is 1.89. The molecular formula is C12H19N3O3. The fraction of sp³-hybridized carbons (Fsp3) is 0.583. The highest BCUT2D eigenvalue weighted by molar-refractivity contribution is 5.78. The zero-order chi connectivity index (χ0) is 13.6. The molecule has 0 atom stereocenters. The number of carboxylic acids is 1.